The molecule has 0 spiro atoms. The lowest BCUT2D eigenvalue weighted by Gasteiger charge is -2.22. The molecule has 0 aromatic rings. The molecule has 0 aromatic heterocycles. The van der Waals surface area contributed by atoms with Crippen LogP contribution in [0, 0.1) is 11.3 Å². The van der Waals surface area contributed by atoms with Crippen LogP contribution in [0.3, 0.4) is 0 Å². The van der Waals surface area contributed by atoms with E-state index in [1.807, 2.05) is 4.90 Å². The van der Waals surface area contributed by atoms with Crippen LogP contribution in [0.1, 0.15) is 26.7 Å². The summed E-state index contributed by atoms with van der Waals surface area (Å²) in [6, 6.07) is 0. The van der Waals surface area contributed by atoms with Crippen LogP contribution < -0.4 is 0 Å². The summed E-state index contributed by atoms with van der Waals surface area (Å²) in [4.78, 5) is 16.5. The zero-order chi connectivity index (χ0) is 12.5. The second kappa shape index (κ2) is 4.94. The maximum atomic E-state index is 12.3. The Balaban J connectivity index is 1.84. The highest BCUT2D eigenvalue weighted by Crippen LogP contribution is 2.52. The van der Waals surface area contributed by atoms with Gasteiger partial charge in [0.25, 0.3) is 0 Å². The topological polar surface area (TPSA) is 43.8 Å². The van der Waals surface area contributed by atoms with Crippen LogP contribution >= 0.6 is 0 Å². The van der Waals surface area contributed by atoms with Crippen molar-refractivity contribution in [1.29, 1.82) is 0 Å². The molecule has 4 nitrogen and oxygen atoms in total. The number of hydrogen-bond acceptors (Lipinski definition) is 3. The van der Waals surface area contributed by atoms with Gasteiger partial charge in [-0.3, -0.25) is 9.69 Å². The predicted molar refractivity (Wildman–Crippen MR) is 66.6 cm³/mol. The molecule has 0 radical (unpaired) electrons. The average Bonchev–Trinajstić information content (AvgIpc) is 2.96. The molecule has 1 amide bonds. The summed E-state index contributed by atoms with van der Waals surface area (Å²) in [5, 5.41) is 8.93. The largest absolute Gasteiger partial charge is 0.395 e. The Labute approximate surface area is 104 Å². The Morgan fingerprint density at radius 1 is 1.29 bits per heavy atom. The number of carbonyl (C=O) groups excluding carboxylic acids is 1. The van der Waals surface area contributed by atoms with Gasteiger partial charge in [-0.15, -0.1) is 0 Å². The third kappa shape index (κ3) is 2.99. The molecule has 1 saturated heterocycles. The van der Waals surface area contributed by atoms with E-state index in [2.05, 4.69) is 18.7 Å². The Kier molecular flexibility index (Phi) is 3.73. The number of carbonyl (C=O) groups is 1. The lowest BCUT2D eigenvalue weighted by atomic mass is 10.1. The van der Waals surface area contributed by atoms with Crippen molar-refractivity contribution in [1.82, 2.24) is 9.80 Å². The highest BCUT2D eigenvalue weighted by atomic mass is 16.3. The fourth-order valence-corrected chi connectivity index (χ4v) is 2.67. The molecule has 17 heavy (non-hydrogen) atoms. The third-order valence-electron chi connectivity index (χ3n) is 4.13. The first-order valence-corrected chi connectivity index (χ1v) is 6.66. The first-order valence-electron chi connectivity index (χ1n) is 6.66. The molecule has 2 fully saturated rings. The Morgan fingerprint density at radius 3 is 2.59 bits per heavy atom. The summed E-state index contributed by atoms with van der Waals surface area (Å²) < 4.78 is 0. The molecule has 2 aliphatic rings. The summed E-state index contributed by atoms with van der Waals surface area (Å²) in [6.07, 6.45) is 2.07. The van der Waals surface area contributed by atoms with Crippen molar-refractivity contribution in [2.24, 2.45) is 11.3 Å². The van der Waals surface area contributed by atoms with Gasteiger partial charge in [-0.05, 0) is 24.8 Å². The zero-order valence-corrected chi connectivity index (χ0v) is 11.0. The van der Waals surface area contributed by atoms with E-state index < -0.39 is 0 Å². The Bertz CT molecular complexity index is 291. The molecule has 0 aromatic carbocycles. The smallest absolute Gasteiger partial charge is 0.226 e. The molecular formula is C13H24N2O2. The minimum atomic E-state index is 0.212. The molecule has 2 rings (SSSR count). The number of aliphatic hydroxyl groups is 1. The summed E-state index contributed by atoms with van der Waals surface area (Å²) in [6.45, 7) is 8.90. The number of nitrogens with zero attached hydrogens (tertiary/aromatic N) is 2. The van der Waals surface area contributed by atoms with Crippen LogP contribution in [-0.4, -0.2) is 60.1 Å². The van der Waals surface area contributed by atoms with E-state index in [-0.39, 0.29) is 17.9 Å². The molecule has 0 bridgehead atoms. The predicted octanol–water partition coefficient (Wildman–Crippen LogP) is 0.559. The highest BCUT2D eigenvalue weighted by molar-refractivity contribution is 5.82. The van der Waals surface area contributed by atoms with E-state index in [4.69, 9.17) is 5.11 Å². The quantitative estimate of drug-likeness (QED) is 0.784. The van der Waals surface area contributed by atoms with Crippen molar-refractivity contribution in [3.8, 4) is 0 Å². The minimum Gasteiger partial charge on any atom is -0.395 e. The number of hydrogen-bond donors (Lipinski definition) is 1. The fraction of sp³-hybridized carbons (Fsp3) is 0.923. The van der Waals surface area contributed by atoms with Gasteiger partial charge < -0.3 is 10.0 Å². The van der Waals surface area contributed by atoms with Crippen molar-refractivity contribution in [2.45, 2.75) is 26.7 Å². The average molecular weight is 240 g/mol. The van der Waals surface area contributed by atoms with Gasteiger partial charge in [-0.1, -0.05) is 13.8 Å². The van der Waals surface area contributed by atoms with Gasteiger partial charge in [0.1, 0.15) is 0 Å². The zero-order valence-electron chi connectivity index (χ0n) is 11.0. The number of β-amino-alcohol motifs (C(OH)–C–C–N with tert-alkyl or cyclic N) is 1. The van der Waals surface area contributed by atoms with Crippen molar-refractivity contribution in [3.63, 3.8) is 0 Å². The second-order valence-electron chi connectivity index (χ2n) is 5.99. The van der Waals surface area contributed by atoms with Gasteiger partial charge in [0.15, 0.2) is 0 Å². The van der Waals surface area contributed by atoms with Crippen molar-refractivity contribution < 1.29 is 9.90 Å². The van der Waals surface area contributed by atoms with Crippen molar-refractivity contribution in [3.05, 3.63) is 0 Å². The normalized spacial score (nSPS) is 28.9. The SMILES string of the molecule is CC1(C)CC1C(=O)N1CCCN(CCO)CC1. The van der Waals surface area contributed by atoms with E-state index in [1.165, 1.54) is 0 Å². The lowest BCUT2D eigenvalue weighted by Crippen LogP contribution is -2.37. The number of aliphatic hydroxyl groups excluding tert-OH is 1. The molecule has 1 N–H and O–H groups in total. The molecule has 1 heterocycles. The monoisotopic (exact) mass is 240 g/mol. The van der Waals surface area contributed by atoms with Gasteiger partial charge in [0.2, 0.25) is 5.91 Å². The van der Waals surface area contributed by atoms with Crippen molar-refractivity contribution in [2.75, 3.05) is 39.3 Å². The maximum Gasteiger partial charge on any atom is 0.226 e. The molecule has 1 aliphatic heterocycles. The number of rotatable bonds is 3. The van der Waals surface area contributed by atoms with Crippen molar-refractivity contribution >= 4 is 5.91 Å². The van der Waals surface area contributed by atoms with E-state index in [0.717, 1.165) is 45.6 Å². The van der Waals surface area contributed by atoms with E-state index in [0.29, 0.717) is 5.91 Å². The van der Waals surface area contributed by atoms with Crippen LogP contribution in [0.25, 0.3) is 0 Å². The molecule has 1 unspecified atom stereocenters. The molecule has 1 saturated carbocycles. The fourth-order valence-electron chi connectivity index (χ4n) is 2.67. The Hall–Kier alpha value is -0.610. The molecular weight excluding hydrogens is 216 g/mol. The van der Waals surface area contributed by atoms with E-state index in [9.17, 15) is 4.79 Å². The third-order valence-corrected chi connectivity index (χ3v) is 4.13. The van der Waals surface area contributed by atoms with Gasteiger partial charge in [-0.2, -0.15) is 0 Å². The van der Waals surface area contributed by atoms with Crippen LogP contribution in [0.4, 0.5) is 0 Å². The first kappa shape index (κ1) is 12.8. The van der Waals surface area contributed by atoms with E-state index >= 15 is 0 Å². The van der Waals surface area contributed by atoms with Crippen LogP contribution in [0.15, 0.2) is 0 Å². The van der Waals surface area contributed by atoms with E-state index in [1.54, 1.807) is 0 Å². The maximum absolute atomic E-state index is 12.3. The second-order valence-corrected chi connectivity index (χ2v) is 5.99. The Morgan fingerprint density at radius 2 is 2.00 bits per heavy atom. The summed E-state index contributed by atoms with van der Waals surface area (Å²) >= 11 is 0. The molecule has 1 aliphatic carbocycles. The number of amides is 1. The summed E-state index contributed by atoms with van der Waals surface area (Å²) in [5.41, 5.74) is 0.230. The molecule has 1 atom stereocenters. The summed E-state index contributed by atoms with van der Waals surface area (Å²) in [7, 11) is 0. The van der Waals surface area contributed by atoms with Gasteiger partial charge in [0.05, 0.1) is 6.61 Å². The minimum absolute atomic E-state index is 0.212. The lowest BCUT2D eigenvalue weighted by molar-refractivity contribution is -0.133. The summed E-state index contributed by atoms with van der Waals surface area (Å²) in [5.74, 6) is 0.604. The molecule has 4 heteroatoms. The standard InChI is InChI=1S/C13H24N2O2/c1-13(2)10-11(13)12(17)15-5-3-4-14(6-7-15)8-9-16/h11,16H,3-10H2,1-2H3. The first-order chi connectivity index (χ1) is 8.04. The van der Waals surface area contributed by atoms with Gasteiger partial charge >= 0.3 is 0 Å². The van der Waals surface area contributed by atoms with Crippen LogP contribution in [-0.2, 0) is 4.79 Å². The highest BCUT2D eigenvalue weighted by Gasteiger charge is 2.51. The van der Waals surface area contributed by atoms with Crippen LogP contribution in [0.2, 0.25) is 0 Å². The van der Waals surface area contributed by atoms with Gasteiger partial charge in [-0.25, -0.2) is 0 Å². The van der Waals surface area contributed by atoms with Crippen LogP contribution in [0.5, 0.6) is 0 Å². The van der Waals surface area contributed by atoms with Gasteiger partial charge in [0, 0.05) is 32.1 Å². The molecule has 98 valence electrons.